The summed E-state index contributed by atoms with van der Waals surface area (Å²) in [6, 6.07) is 12.0. The molecular weight excluding hydrogens is 238 g/mol. The fourth-order valence-corrected chi connectivity index (χ4v) is 2.44. The first-order valence-electron chi connectivity index (χ1n) is 6.39. The number of nitrogens with one attached hydrogen (secondary N) is 1. The van der Waals surface area contributed by atoms with Crippen LogP contribution in [0.1, 0.15) is 22.8 Å². The summed E-state index contributed by atoms with van der Waals surface area (Å²) >= 11 is 0. The van der Waals surface area contributed by atoms with E-state index < -0.39 is 0 Å². The maximum atomic E-state index is 11.9. The minimum absolute atomic E-state index is 0.257. The molecular formula is C16H15NO2. The lowest BCUT2D eigenvalue weighted by atomic mass is 10.0. The molecule has 1 heterocycles. The Hall–Kier alpha value is -2.29. The molecule has 2 aromatic carbocycles. The number of H-pyrrole nitrogens is 1. The van der Waals surface area contributed by atoms with Crippen LogP contribution in [-0.2, 0) is 4.74 Å². The van der Waals surface area contributed by atoms with Crippen molar-refractivity contribution in [3.05, 3.63) is 47.5 Å². The number of esters is 1. The zero-order valence-electron chi connectivity index (χ0n) is 11.0. The monoisotopic (exact) mass is 253 g/mol. The van der Waals surface area contributed by atoms with Gasteiger partial charge in [-0.2, -0.15) is 0 Å². The summed E-state index contributed by atoms with van der Waals surface area (Å²) in [6.45, 7) is 4.14. The SMILES string of the molecule is CCOC(=O)c1cc2c(cc1C)[nH]c1ccccc12. The molecule has 0 unspecified atom stereocenters. The summed E-state index contributed by atoms with van der Waals surface area (Å²) in [7, 11) is 0. The van der Waals surface area contributed by atoms with Crippen LogP contribution in [-0.4, -0.2) is 17.6 Å². The van der Waals surface area contributed by atoms with E-state index in [9.17, 15) is 4.79 Å². The molecule has 0 bridgehead atoms. The lowest BCUT2D eigenvalue weighted by molar-refractivity contribution is 0.0526. The van der Waals surface area contributed by atoms with E-state index in [-0.39, 0.29) is 5.97 Å². The standard InChI is InChI=1S/C16H15NO2/c1-3-19-16(18)12-9-13-11-6-4-5-7-14(11)17-15(13)8-10(12)2/h4-9,17H,3H2,1-2H3. The highest BCUT2D eigenvalue weighted by Gasteiger charge is 2.13. The molecule has 3 heteroatoms. The summed E-state index contributed by atoms with van der Waals surface area (Å²) in [6.07, 6.45) is 0. The number of benzene rings is 2. The summed E-state index contributed by atoms with van der Waals surface area (Å²) in [5.74, 6) is -0.257. The molecule has 0 radical (unpaired) electrons. The molecule has 1 N–H and O–H groups in total. The molecule has 0 atom stereocenters. The second-order valence-corrected chi connectivity index (χ2v) is 4.60. The lowest BCUT2D eigenvalue weighted by Gasteiger charge is -2.05. The van der Waals surface area contributed by atoms with E-state index in [0.29, 0.717) is 12.2 Å². The number of carbonyl (C=O) groups excluding carboxylic acids is 1. The van der Waals surface area contributed by atoms with Gasteiger partial charge >= 0.3 is 5.97 Å². The van der Waals surface area contributed by atoms with Crippen LogP contribution in [0.15, 0.2) is 36.4 Å². The van der Waals surface area contributed by atoms with Crippen molar-refractivity contribution < 1.29 is 9.53 Å². The molecule has 1 aromatic heterocycles. The van der Waals surface area contributed by atoms with Crippen LogP contribution >= 0.6 is 0 Å². The van der Waals surface area contributed by atoms with E-state index in [0.717, 1.165) is 27.4 Å². The summed E-state index contributed by atoms with van der Waals surface area (Å²) in [4.78, 5) is 15.3. The van der Waals surface area contributed by atoms with Crippen molar-refractivity contribution in [2.24, 2.45) is 0 Å². The largest absolute Gasteiger partial charge is 0.462 e. The summed E-state index contributed by atoms with van der Waals surface area (Å²) < 4.78 is 5.10. The quantitative estimate of drug-likeness (QED) is 0.706. The zero-order chi connectivity index (χ0) is 13.4. The first kappa shape index (κ1) is 11.8. The first-order chi connectivity index (χ1) is 9.20. The molecule has 19 heavy (non-hydrogen) atoms. The first-order valence-corrected chi connectivity index (χ1v) is 6.39. The summed E-state index contributed by atoms with van der Waals surface area (Å²) in [5.41, 5.74) is 3.70. The Morgan fingerprint density at radius 3 is 2.74 bits per heavy atom. The van der Waals surface area contributed by atoms with Gasteiger partial charge in [0.05, 0.1) is 12.2 Å². The summed E-state index contributed by atoms with van der Waals surface area (Å²) in [5, 5.41) is 2.19. The smallest absolute Gasteiger partial charge is 0.338 e. The molecule has 0 aliphatic heterocycles. The molecule has 0 amide bonds. The Morgan fingerprint density at radius 1 is 1.16 bits per heavy atom. The fourth-order valence-electron chi connectivity index (χ4n) is 2.44. The second kappa shape index (κ2) is 4.43. The molecule has 0 saturated heterocycles. The Kier molecular flexibility index (Phi) is 2.75. The van der Waals surface area contributed by atoms with Crippen molar-refractivity contribution in [1.82, 2.24) is 4.98 Å². The van der Waals surface area contributed by atoms with Crippen molar-refractivity contribution in [1.29, 1.82) is 0 Å². The van der Waals surface area contributed by atoms with Crippen LogP contribution < -0.4 is 0 Å². The number of fused-ring (bicyclic) bond motifs is 3. The molecule has 3 rings (SSSR count). The van der Waals surface area contributed by atoms with Gasteiger partial charge in [-0.25, -0.2) is 4.79 Å². The molecule has 96 valence electrons. The van der Waals surface area contributed by atoms with E-state index in [4.69, 9.17) is 4.74 Å². The van der Waals surface area contributed by atoms with Gasteiger partial charge < -0.3 is 9.72 Å². The third-order valence-corrected chi connectivity index (χ3v) is 3.35. The van der Waals surface area contributed by atoms with Gasteiger partial charge in [-0.1, -0.05) is 18.2 Å². The Labute approximate surface area is 111 Å². The van der Waals surface area contributed by atoms with E-state index in [1.54, 1.807) is 0 Å². The maximum Gasteiger partial charge on any atom is 0.338 e. The number of aromatic nitrogens is 1. The number of para-hydroxylation sites is 1. The predicted molar refractivity (Wildman–Crippen MR) is 76.5 cm³/mol. The minimum atomic E-state index is -0.257. The van der Waals surface area contributed by atoms with Gasteiger partial charge in [0.1, 0.15) is 0 Å². The van der Waals surface area contributed by atoms with Crippen molar-refractivity contribution in [3.63, 3.8) is 0 Å². The van der Waals surface area contributed by atoms with Crippen molar-refractivity contribution in [2.75, 3.05) is 6.61 Å². The predicted octanol–water partition coefficient (Wildman–Crippen LogP) is 3.81. The molecule has 0 fully saturated rings. The van der Waals surface area contributed by atoms with Crippen LogP contribution in [0.2, 0.25) is 0 Å². The maximum absolute atomic E-state index is 11.9. The molecule has 0 aliphatic rings. The Balaban J connectivity index is 2.28. The van der Waals surface area contributed by atoms with Gasteiger partial charge in [-0.05, 0) is 37.6 Å². The third kappa shape index (κ3) is 1.87. The van der Waals surface area contributed by atoms with E-state index >= 15 is 0 Å². The van der Waals surface area contributed by atoms with Gasteiger partial charge in [0, 0.05) is 21.8 Å². The highest BCUT2D eigenvalue weighted by atomic mass is 16.5. The van der Waals surface area contributed by atoms with Crippen LogP contribution in [0, 0.1) is 6.92 Å². The highest BCUT2D eigenvalue weighted by Crippen LogP contribution is 2.28. The Bertz CT molecular complexity index is 771. The van der Waals surface area contributed by atoms with Gasteiger partial charge in [0.2, 0.25) is 0 Å². The van der Waals surface area contributed by atoms with Crippen molar-refractivity contribution in [2.45, 2.75) is 13.8 Å². The average molecular weight is 253 g/mol. The van der Waals surface area contributed by atoms with E-state index in [1.165, 1.54) is 0 Å². The van der Waals surface area contributed by atoms with Crippen molar-refractivity contribution >= 4 is 27.8 Å². The molecule has 3 nitrogen and oxygen atoms in total. The highest BCUT2D eigenvalue weighted by molar-refractivity contribution is 6.09. The number of rotatable bonds is 2. The van der Waals surface area contributed by atoms with Gasteiger partial charge in [0.15, 0.2) is 0 Å². The number of ether oxygens (including phenoxy) is 1. The van der Waals surface area contributed by atoms with Crippen LogP contribution in [0.4, 0.5) is 0 Å². The number of aromatic amines is 1. The average Bonchev–Trinajstić information content (AvgIpc) is 2.75. The lowest BCUT2D eigenvalue weighted by Crippen LogP contribution is -2.06. The van der Waals surface area contributed by atoms with Gasteiger partial charge in [-0.15, -0.1) is 0 Å². The molecule has 3 aromatic rings. The van der Waals surface area contributed by atoms with Gasteiger partial charge in [0.25, 0.3) is 0 Å². The zero-order valence-corrected chi connectivity index (χ0v) is 11.0. The van der Waals surface area contributed by atoms with Crippen LogP contribution in [0.3, 0.4) is 0 Å². The van der Waals surface area contributed by atoms with Crippen molar-refractivity contribution in [3.8, 4) is 0 Å². The van der Waals surface area contributed by atoms with Crippen LogP contribution in [0.25, 0.3) is 21.8 Å². The number of carbonyl (C=O) groups is 1. The second-order valence-electron chi connectivity index (χ2n) is 4.60. The topological polar surface area (TPSA) is 42.1 Å². The molecule has 0 aliphatic carbocycles. The Morgan fingerprint density at radius 2 is 1.95 bits per heavy atom. The fraction of sp³-hybridized carbons (Fsp3) is 0.188. The molecule has 0 spiro atoms. The molecule has 0 saturated carbocycles. The number of hydrogen-bond acceptors (Lipinski definition) is 2. The third-order valence-electron chi connectivity index (χ3n) is 3.35. The number of aryl methyl sites for hydroxylation is 1. The number of hydrogen-bond donors (Lipinski definition) is 1. The van der Waals surface area contributed by atoms with E-state index in [2.05, 4.69) is 11.1 Å². The van der Waals surface area contributed by atoms with Gasteiger partial charge in [-0.3, -0.25) is 0 Å². The normalized spacial score (nSPS) is 11.1. The van der Waals surface area contributed by atoms with Crippen LogP contribution in [0.5, 0.6) is 0 Å². The van der Waals surface area contributed by atoms with E-state index in [1.807, 2.05) is 44.2 Å². The minimum Gasteiger partial charge on any atom is -0.462 e.